The van der Waals surface area contributed by atoms with E-state index in [4.69, 9.17) is 0 Å². The summed E-state index contributed by atoms with van der Waals surface area (Å²) in [5.41, 5.74) is 3.95. The molecule has 1 heterocycles. The van der Waals surface area contributed by atoms with Crippen molar-refractivity contribution in [3.05, 3.63) is 17.0 Å². The van der Waals surface area contributed by atoms with Gasteiger partial charge in [-0.05, 0) is 45.3 Å². The fourth-order valence-electron chi connectivity index (χ4n) is 1.99. The molecule has 0 aromatic carbocycles. The van der Waals surface area contributed by atoms with Crippen molar-refractivity contribution >= 4 is 0 Å². The van der Waals surface area contributed by atoms with Crippen molar-refractivity contribution in [2.45, 2.75) is 47.1 Å². The summed E-state index contributed by atoms with van der Waals surface area (Å²) < 4.78 is 2.14. The van der Waals surface area contributed by atoms with E-state index in [1.165, 1.54) is 17.0 Å². The summed E-state index contributed by atoms with van der Waals surface area (Å²) in [6.07, 6.45) is 2.24. The number of nitrogens with zero attached hydrogens (tertiary/aromatic N) is 2. The van der Waals surface area contributed by atoms with Gasteiger partial charge in [0.15, 0.2) is 0 Å². The van der Waals surface area contributed by atoms with Crippen molar-refractivity contribution in [3.63, 3.8) is 0 Å². The lowest BCUT2D eigenvalue weighted by Gasteiger charge is -2.05. The topological polar surface area (TPSA) is 29.9 Å². The third kappa shape index (κ3) is 3.06. The quantitative estimate of drug-likeness (QED) is 0.727. The zero-order valence-electron chi connectivity index (χ0n) is 10.4. The number of rotatable bonds is 6. The summed E-state index contributed by atoms with van der Waals surface area (Å²) in [5, 5.41) is 7.90. The fourth-order valence-corrected chi connectivity index (χ4v) is 1.99. The molecule has 0 aliphatic rings. The number of nitrogens with one attached hydrogen (secondary N) is 1. The maximum Gasteiger partial charge on any atom is 0.0628 e. The molecule has 15 heavy (non-hydrogen) atoms. The standard InChI is InChI=1S/C12H23N3/c1-5-12-10(3)14-15(11(12)4)9-7-8-13-6-2/h13H,5-9H2,1-4H3. The molecule has 0 atom stereocenters. The summed E-state index contributed by atoms with van der Waals surface area (Å²) in [4.78, 5) is 0. The fraction of sp³-hybridized carbons (Fsp3) is 0.750. The molecule has 1 N–H and O–H groups in total. The van der Waals surface area contributed by atoms with Crippen LogP contribution >= 0.6 is 0 Å². The van der Waals surface area contributed by atoms with Gasteiger partial charge in [0, 0.05) is 12.2 Å². The molecule has 86 valence electrons. The summed E-state index contributed by atoms with van der Waals surface area (Å²) in [6, 6.07) is 0. The van der Waals surface area contributed by atoms with Crippen LogP contribution in [0.15, 0.2) is 0 Å². The van der Waals surface area contributed by atoms with Gasteiger partial charge in [-0.15, -0.1) is 0 Å². The van der Waals surface area contributed by atoms with Gasteiger partial charge in [-0.2, -0.15) is 5.10 Å². The highest BCUT2D eigenvalue weighted by Gasteiger charge is 2.08. The Labute approximate surface area is 92.9 Å². The number of aryl methyl sites for hydroxylation is 2. The average molecular weight is 209 g/mol. The predicted octanol–water partition coefficient (Wildman–Crippen LogP) is 2.06. The zero-order valence-corrected chi connectivity index (χ0v) is 10.4. The van der Waals surface area contributed by atoms with Crippen LogP contribution < -0.4 is 5.32 Å². The molecule has 1 aromatic heterocycles. The molecule has 0 aliphatic carbocycles. The van der Waals surface area contributed by atoms with Gasteiger partial charge in [0.05, 0.1) is 5.69 Å². The van der Waals surface area contributed by atoms with E-state index in [9.17, 15) is 0 Å². The van der Waals surface area contributed by atoms with Gasteiger partial charge >= 0.3 is 0 Å². The first-order valence-electron chi connectivity index (χ1n) is 5.94. The largest absolute Gasteiger partial charge is 0.317 e. The Morgan fingerprint density at radius 1 is 1.27 bits per heavy atom. The Balaban J connectivity index is 2.54. The third-order valence-electron chi connectivity index (χ3n) is 2.86. The van der Waals surface area contributed by atoms with Gasteiger partial charge in [-0.25, -0.2) is 0 Å². The molecule has 0 fully saturated rings. The Bertz CT molecular complexity index is 302. The lowest BCUT2D eigenvalue weighted by molar-refractivity contribution is 0.537. The highest BCUT2D eigenvalue weighted by atomic mass is 15.3. The van der Waals surface area contributed by atoms with Crippen molar-refractivity contribution in [2.75, 3.05) is 13.1 Å². The van der Waals surface area contributed by atoms with Crippen molar-refractivity contribution in [3.8, 4) is 0 Å². The lowest BCUT2D eigenvalue weighted by atomic mass is 10.1. The monoisotopic (exact) mass is 209 g/mol. The highest BCUT2D eigenvalue weighted by Crippen LogP contribution is 2.13. The zero-order chi connectivity index (χ0) is 11.3. The minimum Gasteiger partial charge on any atom is -0.317 e. The maximum absolute atomic E-state index is 4.57. The summed E-state index contributed by atoms with van der Waals surface area (Å²) in [6.45, 7) is 11.8. The molecule has 0 radical (unpaired) electrons. The average Bonchev–Trinajstić information content (AvgIpc) is 2.49. The lowest BCUT2D eigenvalue weighted by Crippen LogP contribution is -2.16. The first-order chi connectivity index (χ1) is 7.20. The molecule has 0 saturated heterocycles. The molecular formula is C12H23N3. The molecule has 0 amide bonds. The molecule has 0 bridgehead atoms. The molecule has 0 unspecified atom stereocenters. The van der Waals surface area contributed by atoms with Gasteiger partial charge < -0.3 is 5.32 Å². The summed E-state index contributed by atoms with van der Waals surface area (Å²) in [5.74, 6) is 0. The van der Waals surface area contributed by atoms with E-state index in [-0.39, 0.29) is 0 Å². The van der Waals surface area contributed by atoms with Gasteiger partial charge in [0.25, 0.3) is 0 Å². The SMILES string of the molecule is CCNCCCn1nc(C)c(CC)c1C. The second-order valence-corrected chi connectivity index (χ2v) is 3.93. The second kappa shape index (κ2) is 5.91. The van der Waals surface area contributed by atoms with Gasteiger partial charge in [-0.3, -0.25) is 4.68 Å². The molecular weight excluding hydrogens is 186 g/mol. The molecule has 1 rings (SSSR count). The Morgan fingerprint density at radius 3 is 2.53 bits per heavy atom. The molecule has 0 saturated carbocycles. The Morgan fingerprint density at radius 2 is 2.00 bits per heavy atom. The highest BCUT2D eigenvalue weighted by molar-refractivity contribution is 5.24. The molecule has 0 spiro atoms. The van der Waals surface area contributed by atoms with E-state index < -0.39 is 0 Å². The van der Waals surface area contributed by atoms with Crippen LogP contribution in [0.25, 0.3) is 0 Å². The van der Waals surface area contributed by atoms with E-state index in [1.807, 2.05) is 0 Å². The Kier molecular flexibility index (Phi) is 4.82. The van der Waals surface area contributed by atoms with E-state index in [0.717, 1.165) is 32.5 Å². The molecule has 3 nitrogen and oxygen atoms in total. The minimum absolute atomic E-state index is 1.03. The minimum atomic E-state index is 1.03. The van der Waals surface area contributed by atoms with Crippen molar-refractivity contribution in [1.82, 2.24) is 15.1 Å². The smallest absolute Gasteiger partial charge is 0.0628 e. The van der Waals surface area contributed by atoms with Crippen LogP contribution in [0.5, 0.6) is 0 Å². The van der Waals surface area contributed by atoms with Crippen LogP contribution in [-0.4, -0.2) is 22.9 Å². The molecule has 1 aromatic rings. The van der Waals surface area contributed by atoms with Gasteiger partial charge in [0.1, 0.15) is 0 Å². The first kappa shape index (κ1) is 12.2. The Hall–Kier alpha value is -0.830. The van der Waals surface area contributed by atoms with Gasteiger partial charge in [-0.1, -0.05) is 13.8 Å². The van der Waals surface area contributed by atoms with E-state index in [2.05, 4.69) is 42.8 Å². The van der Waals surface area contributed by atoms with Crippen LogP contribution in [-0.2, 0) is 13.0 Å². The normalized spacial score (nSPS) is 10.9. The number of hydrogen-bond acceptors (Lipinski definition) is 2. The van der Waals surface area contributed by atoms with Crippen LogP contribution in [0.1, 0.15) is 37.2 Å². The van der Waals surface area contributed by atoms with Crippen molar-refractivity contribution in [1.29, 1.82) is 0 Å². The predicted molar refractivity (Wildman–Crippen MR) is 64.2 cm³/mol. The van der Waals surface area contributed by atoms with E-state index >= 15 is 0 Å². The van der Waals surface area contributed by atoms with Crippen molar-refractivity contribution < 1.29 is 0 Å². The van der Waals surface area contributed by atoms with Crippen LogP contribution in [0.2, 0.25) is 0 Å². The summed E-state index contributed by atoms with van der Waals surface area (Å²) in [7, 11) is 0. The van der Waals surface area contributed by atoms with E-state index in [1.54, 1.807) is 0 Å². The van der Waals surface area contributed by atoms with E-state index in [0.29, 0.717) is 0 Å². The second-order valence-electron chi connectivity index (χ2n) is 3.93. The van der Waals surface area contributed by atoms with Crippen molar-refractivity contribution in [2.24, 2.45) is 0 Å². The van der Waals surface area contributed by atoms with Crippen LogP contribution in [0.4, 0.5) is 0 Å². The number of hydrogen-bond donors (Lipinski definition) is 1. The van der Waals surface area contributed by atoms with Crippen LogP contribution in [0, 0.1) is 13.8 Å². The first-order valence-corrected chi connectivity index (χ1v) is 5.94. The van der Waals surface area contributed by atoms with Crippen LogP contribution in [0.3, 0.4) is 0 Å². The maximum atomic E-state index is 4.57. The molecule has 0 aliphatic heterocycles. The summed E-state index contributed by atoms with van der Waals surface area (Å²) >= 11 is 0. The van der Waals surface area contributed by atoms with Gasteiger partial charge in [0.2, 0.25) is 0 Å². The molecule has 3 heteroatoms. The third-order valence-corrected chi connectivity index (χ3v) is 2.86. The number of aromatic nitrogens is 2.